The second-order valence-electron chi connectivity index (χ2n) is 4.53. The molecular weight excluding hydrogens is 383 g/mol. The van der Waals surface area contributed by atoms with Crippen molar-refractivity contribution >= 4 is 51.2 Å². The Morgan fingerprint density at radius 1 is 1.38 bits per heavy atom. The van der Waals surface area contributed by atoms with Gasteiger partial charge in [0, 0.05) is 30.1 Å². The molecule has 0 bridgehead atoms. The maximum atomic E-state index is 11.3. The quantitative estimate of drug-likeness (QED) is 0.692. The van der Waals surface area contributed by atoms with Gasteiger partial charge < -0.3 is 15.0 Å². The van der Waals surface area contributed by atoms with Gasteiger partial charge in [-0.25, -0.2) is 4.79 Å². The Bertz CT molecular complexity index is 681. The zero-order valence-electron chi connectivity index (χ0n) is 11.7. The van der Waals surface area contributed by atoms with Gasteiger partial charge in [0.2, 0.25) is 5.91 Å². The highest BCUT2D eigenvalue weighted by Gasteiger charge is 2.11. The normalized spacial score (nSPS) is 10.4. The number of aromatic amines is 1. The van der Waals surface area contributed by atoms with Crippen molar-refractivity contribution in [2.45, 2.75) is 13.3 Å². The summed E-state index contributed by atoms with van der Waals surface area (Å²) in [6, 6.07) is 5.61. The highest BCUT2D eigenvalue weighted by Crippen LogP contribution is 2.27. The van der Waals surface area contributed by atoms with Gasteiger partial charge >= 0.3 is 6.09 Å². The molecule has 0 radical (unpaired) electrons. The SMILES string of the molecule is COC(=O)Nc1ccc2[nH]c([125I])c(CCNC(C)=O)c2c1. The molecular formula is C14H16IN3O3. The van der Waals surface area contributed by atoms with Gasteiger partial charge in [-0.05, 0) is 52.8 Å². The smallest absolute Gasteiger partial charge is 0.411 e. The lowest BCUT2D eigenvalue weighted by Gasteiger charge is -2.05. The van der Waals surface area contributed by atoms with Gasteiger partial charge in [-0.2, -0.15) is 0 Å². The second kappa shape index (κ2) is 6.79. The zero-order chi connectivity index (χ0) is 15.4. The molecule has 112 valence electrons. The minimum Gasteiger partial charge on any atom is -0.453 e. The van der Waals surface area contributed by atoms with Crippen LogP contribution in [0.4, 0.5) is 10.5 Å². The minimum atomic E-state index is -0.501. The van der Waals surface area contributed by atoms with E-state index in [1.54, 1.807) is 0 Å². The molecule has 2 rings (SSSR count). The third-order valence-corrected chi connectivity index (χ3v) is 3.96. The van der Waals surface area contributed by atoms with E-state index in [1.165, 1.54) is 14.0 Å². The van der Waals surface area contributed by atoms with E-state index >= 15 is 0 Å². The number of anilines is 1. The number of ether oxygens (including phenoxy) is 1. The Morgan fingerprint density at radius 3 is 2.81 bits per heavy atom. The van der Waals surface area contributed by atoms with Crippen molar-refractivity contribution < 1.29 is 14.3 Å². The first kappa shape index (κ1) is 15.6. The number of H-pyrrole nitrogens is 1. The summed E-state index contributed by atoms with van der Waals surface area (Å²) in [5.41, 5.74) is 2.78. The first-order valence-corrected chi connectivity index (χ1v) is 7.48. The van der Waals surface area contributed by atoms with Crippen molar-refractivity contribution in [2.24, 2.45) is 0 Å². The number of methoxy groups -OCH3 is 1. The molecule has 0 saturated heterocycles. The van der Waals surface area contributed by atoms with Crippen LogP contribution in [0.5, 0.6) is 0 Å². The monoisotopic (exact) mass is 399 g/mol. The number of carbonyl (C=O) groups excluding carboxylic acids is 2. The molecule has 1 aromatic heterocycles. The third-order valence-electron chi connectivity index (χ3n) is 3.03. The molecule has 0 fully saturated rings. The summed E-state index contributed by atoms with van der Waals surface area (Å²) < 4.78 is 5.62. The molecule has 7 heteroatoms. The van der Waals surface area contributed by atoms with E-state index in [4.69, 9.17) is 0 Å². The predicted molar refractivity (Wildman–Crippen MR) is 89.4 cm³/mol. The Kier molecular flexibility index (Phi) is 5.05. The number of carbonyl (C=O) groups is 2. The highest BCUT2D eigenvalue weighted by molar-refractivity contribution is 14.1. The lowest BCUT2D eigenvalue weighted by atomic mass is 10.1. The molecule has 0 unspecified atom stereocenters. The van der Waals surface area contributed by atoms with Crippen LogP contribution in [-0.2, 0) is 16.0 Å². The number of benzene rings is 1. The Morgan fingerprint density at radius 2 is 2.14 bits per heavy atom. The predicted octanol–water partition coefficient (Wildman–Crippen LogP) is 2.63. The van der Waals surface area contributed by atoms with Gasteiger partial charge in [0.05, 0.1) is 10.8 Å². The van der Waals surface area contributed by atoms with E-state index in [-0.39, 0.29) is 5.91 Å². The summed E-state index contributed by atoms with van der Waals surface area (Å²) in [4.78, 5) is 25.5. The van der Waals surface area contributed by atoms with E-state index in [0.717, 1.165) is 26.6 Å². The Hall–Kier alpha value is -1.77. The van der Waals surface area contributed by atoms with Crippen molar-refractivity contribution in [3.05, 3.63) is 27.5 Å². The fourth-order valence-electron chi connectivity index (χ4n) is 2.07. The van der Waals surface area contributed by atoms with Crippen molar-refractivity contribution in [1.29, 1.82) is 0 Å². The molecule has 21 heavy (non-hydrogen) atoms. The summed E-state index contributed by atoms with van der Waals surface area (Å²) in [6.07, 6.45) is 0.221. The number of fused-ring (bicyclic) bond motifs is 1. The summed E-state index contributed by atoms with van der Waals surface area (Å²) in [5, 5.41) is 6.46. The molecule has 0 atom stereocenters. The van der Waals surface area contributed by atoms with Crippen LogP contribution in [-0.4, -0.2) is 30.6 Å². The number of rotatable bonds is 4. The Balaban J connectivity index is 2.26. The van der Waals surface area contributed by atoms with Crippen molar-refractivity contribution in [3.8, 4) is 0 Å². The van der Waals surface area contributed by atoms with Crippen LogP contribution in [0.25, 0.3) is 10.9 Å². The molecule has 0 spiro atoms. The van der Waals surface area contributed by atoms with Gasteiger partial charge in [-0.15, -0.1) is 0 Å². The van der Waals surface area contributed by atoms with E-state index in [1.807, 2.05) is 18.2 Å². The third kappa shape index (κ3) is 3.87. The van der Waals surface area contributed by atoms with Crippen LogP contribution in [0, 0.1) is 3.70 Å². The molecule has 0 aliphatic rings. The van der Waals surface area contributed by atoms with Gasteiger partial charge in [0.1, 0.15) is 0 Å². The summed E-state index contributed by atoms with van der Waals surface area (Å²) in [5.74, 6) is -0.0436. The van der Waals surface area contributed by atoms with E-state index in [2.05, 4.69) is 42.9 Å². The van der Waals surface area contributed by atoms with Crippen molar-refractivity contribution in [1.82, 2.24) is 10.3 Å². The highest BCUT2D eigenvalue weighted by atomic mass is 125. The van der Waals surface area contributed by atoms with Crippen LogP contribution in [0.1, 0.15) is 12.5 Å². The number of hydrogen-bond donors (Lipinski definition) is 3. The molecule has 2 amide bonds. The molecule has 1 heterocycles. The van der Waals surface area contributed by atoms with E-state index in [0.29, 0.717) is 12.2 Å². The fourth-order valence-corrected chi connectivity index (χ4v) is 2.92. The van der Waals surface area contributed by atoms with Crippen LogP contribution in [0.15, 0.2) is 18.2 Å². The maximum absolute atomic E-state index is 11.3. The van der Waals surface area contributed by atoms with Gasteiger partial charge in [0.15, 0.2) is 0 Å². The molecule has 0 aliphatic heterocycles. The molecule has 1 aromatic carbocycles. The lowest BCUT2D eigenvalue weighted by molar-refractivity contribution is -0.118. The summed E-state index contributed by atoms with van der Waals surface area (Å²) in [7, 11) is 1.33. The van der Waals surface area contributed by atoms with Crippen molar-refractivity contribution in [3.63, 3.8) is 0 Å². The lowest BCUT2D eigenvalue weighted by Crippen LogP contribution is -2.22. The minimum absolute atomic E-state index is 0.0436. The topological polar surface area (TPSA) is 83.2 Å². The Labute approximate surface area is 135 Å². The number of amides is 2. The molecule has 0 aliphatic carbocycles. The first-order valence-electron chi connectivity index (χ1n) is 6.40. The molecule has 0 saturated carbocycles. The van der Waals surface area contributed by atoms with Crippen molar-refractivity contribution in [2.75, 3.05) is 19.0 Å². The summed E-state index contributed by atoms with van der Waals surface area (Å²) >= 11 is 2.23. The van der Waals surface area contributed by atoms with E-state index in [9.17, 15) is 9.59 Å². The van der Waals surface area contributed by atoms with Crippen LogP contribution < -0.4 is 10.6 Å². The molecule has 3 N–H and O–H groups in total. The largest absolute Gasteiger partial charge is 0.453 e. The number of aromatic nitrogens is 1. The molecule has 6 nitrogen and oxygen atoms in total. The number of halogens is 1. The first-order chi connectivity index (χ1) is 10.0. The average Bonchev–Trinajstić information content (AvgIpc) is 2.74. The van der Waals surface area contributed by atoms with Gasteiger partial charge in [-0.3, -0.25) is 10.1 Å². The van der Waals surface area contributed by atoms with Crippen LogP contribution >= 0.6 is 22.6 Å². The van der Waals surface area contributed by atoms with Gasteiger partial charge in [-0.1, -0.05) is 0 Å². The van der Waals surface area contributed by atoms with Crippen LogP contribution in [0.3, 0.4) is 0 Å². The van der Waals surface area contributed by atoms with Crippen LogP contribution in [0.2, 0.25) is 0 Å². The standard InChI is InChI=1S/C14H16IN3O3/c1-8(19)16-6-5-10-11-7-9(17-14(20)21-2)3-4-12(11)18-13(10)15/h3-4,7,18H,5-6H2,1-2H3,(H,16,19)(H,17,20)/i15-2. The zero-order valence-corrected chi connectivity index (χ0v) is 13.9. The fraction of sp³-hybridized carbons (Fsp3) is 0.286. The van der Waals surface area contributed by atoms with E-state index < -0.39 is 6.09 Å². The average molecular weight is 399 g/mol. The summed E-state index contributed by atoms with van der Waals surface area (Å²) in [6.45, 7) is 2.07. The van der Waals surface area contributed by atoms with Gasteiger partial charge in [0.25, 0.3) is 0 Å². The molecule has 2 aromatic rings. The maximum Gasteiger partial charge on any atom is 0.411 e. The number of hydrogen-bond acceptors (Lipinski definition) is 3. The second-order valence-corrected chi connectivity index (χ2v) is 5.61. The number of nitrogens with one attached hydrogen (secondary N) is 3.